The van der Waals surface area contributed by atoms with Crippen LogP contribution in [0.1, 0.15) is 51.1 Å². The van der Waals surface area contributed by atoms with Crippen molar-refractivity contribution in [1.29, 1.82) is 0 Å². The number of nitrogens with one attached hydrogen (secondary N) is 2. The van der Waals surface area contributed by atoms with E-state index in [4.69, 9.17) is 17.0 Å². The summed E-state index contributed by atoms with van der Waals surface area (Å²) in [6.07, 6.45) is 1.22. The highest BCUT2D eigenvalue weighted by Gasteiger charge is 2.34. The van der Waals surface area contributed by atoms with E-state index in [1.807, 2.05) is 6.92 Å². The highest BCUT2D eigenvalue weighted by Crippen LogP contribution is 2.33. The second kappa shape index (κ2) is 12.2. The monoisotopic (exact) mass is 489 g/mol. The minimum atomic E-state index is -1.40. The van der Waals surface area contributed by atoms with E-state index in [1.165, 1.54) is 23.9 Å². The number of methoxy groups -OCH3 is 1. The number of nitrogens with zero attached hydrogens (tertiary/aromatic N) is 2. The molecule has 11 heteroatoms. The van der Waals surface area contributed by atoms with Gasteiger partial charge >= 0.3 is 11.7 Å². The van der Waals surface area contributed by atoms with Crippen molar-refractivity contribution in [3.63, 3.8) is 0 Å². The number of aromatic nitrogens is 2. The summed E-state index contributed by atoms with van der Waals surface area (Å²) < 4.78 is 31.5. The minimum Gasteiger partial charge on any atom is -0.461 e. The Balaban J connectivity index is 1.53. The third-order valence-corrected chi connectivity index (χ3v) is 5.53. The van der Waals surface area contributed by atoms with Crippen molar-refractivity contribution in [2.45, 2.75) is 45.1 Å². The number of carbonyl (C=O) groups is 3. The van der Waals surface area contributed by atoms with Crippen molar-refractivity contribution in [2.24, 2.45) is 5.92 Å². The van der Waals surface area contributed by atoms with Gasteiger partial charge in [-0.15, -0.1) is 0 Å². The van der Waals surface area contributed by atoms with E-state index in [9.17, 15) is 19.2 Å². The van der Waals surface area contributed by atoms with Gasteiger partial charge in [-0.25, -0.2) is 4.79 Å². The average Bonchev–Trinajstić information content (AvgIpc) is 3.25. The molecule has 0 saturated carbocycles. The number of rotatable bonds is 10. The molecule has 3 rings (SSSR count). The van der Waals surface area contributed by atoms with Crippen LogP contribution in [0.3, 0.4) is 0 Å². The van der Waals surface area contributed by atoms with Gasteiger partial charge in [-0.1, -0.05) is 19.1 Å². The molecule has 1 unspecified atom stereocenters. The van der Waals surface area contributed by atoms with Crippen LogP contribution in [0.5, 0.6) is 0 Å². The van der Waals surface area contributed by atoms with E-state index in [0.717, 1.165) is 0 Å². The fourth-order valence-corrected chi connectivity index (χ4v) is 3.67. The van der Waals surface area contributed by atoms with E-state index >= 15 is 0 Å². The van der Waals surface area contributed by atoms with Gasteiger partial charge < -0.3 is 24.8 Å². The van der Waals surface area contributed by atoms with E-state index in [2.05, 4.69) is 15.6 Å². The number of hydrogen-bond acceptors (Lipinski definition) is 8. The maximum atomic E-state index is 12.6. The van der Waals surface area contributed by atoms with Crippen molar-refractivity contribution in [2.75, 3.05) is 26.0 Å². The molecule has 11 nitrogen and oxygen atoms in total. The fourth-order valence-electron chi connectivity index (χ4n) is 3.67. The van der Waals surface area contributed by atoms with Crippen LogP contribution in [-0.4, -0.2) is 54.2 Å². The predicted molar refractivity (Wildman–Crippen MR) is 126 cm³/mol. The molecular formula is C24H30N4O7. The van der Waals surface area contributed by atoms with Gasteiger partial charge in [-0.3, -0.25) is 19.0 Å². The zero-order valence-corrected chi connectivity index (χ0v) is 19.6. The second-order valence-electron chi connectivity index (χ2n) is 8.18. The summed E-state index contributed by atoms with van der Waals surface area (Å²) in [5.74, 6) is -1.15. The van der Waals surface area contributed by atoms with Gasteiger partial charge in [0, 0.05) is 38.2 Å². The highest BCUT2D eigenvalue weighted by molar-refractivity contribution is 6.03. The summed E-state index contributed by atoms with van der Waals surface area (Å²) in [5, 5.41) is 5.01. The standard InChI is InChI=1S/C24H30N4O7/c1-15-12-18(14-33-3)35-23(15)28-11-10-19(27-24(28)32)26-22(31)17-6-4-16(5-7-17)13-34-21(30)9-8-20(29)25-2/h4-7,10-11,15,18,23H,8-9,12-14H2,1-3H3,(H,25,29)(H,26,27,31,32)/t15-,18+,23-/m1/s1/i3TD/t3?,15-,18+,23-. The highest BCUT2D eigenvalue weighted by atomic mass is 16.5. The molecule has 0 bridgehead atoms. The molecule has 1 fully saturated rings. The molecular weight excluding hydrogens is 456 g/mol. The Morgan fingerprint density at radius 3 is 2.74 bits per heavy atom. The lowest BCUT2D eigenvalue weighted by atomic mass is 10.1. The van der Waals surface area contributed by atoms with Gasteiger partial charge in [-0.05, 0) is 30.2 Å². The minimum absolute atomic E-state index is 0.00963. The van der Waals surface area contributed by atoms with Crippen LogP contribution in [0.4, 0.5) is 5.82 Å². The van der Waals surface area contributed by atoms with Crippen molar-refractivity contribution < 1.29 is 31.3 Å². The zero-order valence-electron chi connectivity index (χ0n) is 21.6. The van der Waals surface area contributed by atoms with Crippen LogP contribution in [0, 0.1) is 5.92 Å². The maximum Gasteiger partial charge on any atom is 0.351 e. The van der Waals surface area contributed by atoms with Crippen LogP contribution < -0.4 is 16.3 Å². The van der Waals surface area contributed by atoms with Crippen molar-refractivity contribution in [3.05, 3.63) is 58.1 Å². The summed E-state index contributed by atoms with van der Waals surface area (Å²) in [4.78, 5) is 52.0. The lowest BCUT2D eigenvalue weighted by Gasteiger charge is -2.18. The summed E-state index contributed by atoms with van der Waals surface area (Å²) in [7, 11) is 0.0932. The number of hydrogen-bond donors (Lipinski definition) is 2. The molecule has 1 saturated heterocycles. The first kappa shape index (κ1) is 23.2. The molecule has 4 atom stereocenters. The third-order valence-electron chi connectivity index (χ3n) is 5.53. The zero-order chi connectivity index (χ0) is 26.9. The molecule has 35 heavy (non-hydrogen) atoms. The summed E-state index contributed by atoms with van der Waals surface area (Å²) in [6.45, 7) is 2.02. The van der Waals surface area contributed by atoms with Crippen LogP contribution in [0.25, 0.3) is 0 Å². The number of amides is 2. The van der Waals surface area contributed by atoms with Crippen LogP contribution >= 0.6 is 0 Å². The first-order chi connectivity index (χ1) is 17.7. The van der Waals surface area contributed by atoms with Gasteiger partial charge in [-0.2, -0.15) is 4.98 Å². The smallest absolute Gasteiger partial charge is 0.351 e. The fraction of sp³-hybridized carbons (Fsp3) is 0.458. The first-order valence-corrected chi connectivity index (χ1v) is 11.1. The van der Waals surface area contributed by atoms with E-state index in [0.29, 0.717) is 17.5 Å². The molecule has 2 heterocycles. The number of carbonyl (C=O) groups excluding carboxylic acids is 3. The van der Waals surface area contributed by atoms with Gasteiger partial charge in [0.05, 0.1) is 21.9 Å². The largest absolute Gasteiger partial charge is 0.461 e. The van der Waals surface area contributed by atoms with Crippen molar-refractivity contribution >= 4 is 23.6 Å². The van der Waals surface area contributed by atoms with Crippen molar-refractivity contribution in [1.82, 2.24) is 14.9 Å². The predicted octanol–water partition coefficient (Wildman–Crippen LogP) is 1.64. The van der Waals surface area contributed by atoms with Gasteiger partial charge in [0.2, 0.25) is 5.91 Å². The Kier molecular flexibility index (Phi) is 8.10. The van der Waals surface area contributed by atoms with Crippen LogP contribution in [0.2, 0.25) is 0 Å². The van der Waals surface area contributed by atoms with Gasteiger partial charge in [0.25, 0.3) is 5.91 Å². The summed E-state index contributed by atoms with van der Waals surface area (Å²) in [5.41, 5.74) is 0.392. The summed E-state index contributed by atoms with van der Waals surface area (Å²) >= 11 is 0. The Bertz CT molecular complexity index is 1160. The molecule has 2 N–H and O–H groups in total. The quantitative estimate of drug-likeness (QED) is 0.481. The molecule has 2 aromatic rings. The topological polar surface area (TPSA) is 138 Å². The van der Waals surface area contributed by atoms with Crippen LogP contribution in [0.15, 0.2) is 41.3 Å². The lowest BCUT2D eigenvalue weighted by molar-refractivity contribution is -0.146. The normalized spacial score (nSPS) is 20.9. The number of benzene rings is 1. The molecule has 1 aliphatic heterocycles. The number of esters is 1. The molecule has 0 aliphatic carbocycles. The third kappa shape index (κ3) is 7.20. The average molecular weight is 490 g/mol. The maximum absolute atomic E-state index is 12.6. The van der Waals surface area contributed by atoms with Crippen LogP contribution in [-0.2, 0) is 30.4 Å². The Morgan fingerprint density at radius 1 is 1.29 bits per heavy atom. The number of ether oxygens (including phenoxy) is 3. The second-order valence-corrected chi connectivity index (χ2v) is 8.18. The Labute approximate surface area is 205 Å². The van der Waals surface area contributed by atoms with Gasteiger partial charge in [0.15, 0.2) is 0 Å². The first-order valence-electron chi connectivity index (χ1n) is 12.3. The Hall–Kier alpha value is -3.57. The lowest BCUT2D eigenvalue weighted by Crippen LogP contribution is -2.30. The van der Waals surface area contributed by atoms with E-state index < -0.39 is 30.9 Å². The molecule has 0 radical (unpaired) electrons. The Morgan fingerprint density at radius 2 is 2.06 bits per heavy atom. The molecule has 0 spiro atoms. The SMILES string of the molecule is [2H]C([3H])OC[C@@H]1C[C@@H](C)[C@H](n2ccc(NC(=O)c3ccc(COC(=O)CCC(=O)NC)cc3)nc2=O)O1. The van der Waals surface area contributed by atoms with E-state index in [-0.39, 0.29) is 49.8 Å². The van der Waals surface area contributed by atoms with Gasteiger partial charge in [0.1, 0.15) is 18.7 Å². The summed E-state index contributed by atoms with van der Waals surface area (Å²) in [6, 6.07) is 7.87. The molecule has 1 aliphatic rings. The molecule has 1 aromatic carbocycles. The molecule has 1 aromatic heterocycles. The number of anilines is 1. The molecule has 2 amide bonds. The van der Waals surface area contributed by atoms with E-state index in [1.54, 1.807) is 24.3 Å². The molecule has 188 valence electrons. The van der Waals surface area contributed by atoms with Crippen molar-refractivity contribution in [3.8, 4) is 0 Å².